The molecule has 0 saturated heterocycles. The number of rotatable bonds is 3. The summed E-state index contributed by atoms with van der Waals surface area (Å²) in [4.78, 5) is 22.1. The van der Waals surface area contributed by atoms with E-state index < -0.39 is 4.69 Å². The lowest BCUT2D eigenvalue weighted by atomic mass is 10.1. The van der Waals surface area contributed by atoms with E-state index in [2.05, 4.69) is 31.9 Å². The zero-order valence-corrected chi connectivity index (χ0v) is 10.1. The molecule has 0 aliphatic carbocycles. The van der Waals surface area contributed by atoms with Crippen molar-refractivity contribution in [3.8, 4) is 0 Å². The Morgan fingerprint density at radius 1 is 1.62 bits per heavy atom. The summed E-state index contributed by atoms with van der Waals surface area (Å²) in [6, 6.07) is 0. The molecular formula is C8H8Br2O3. The summed E-state index contributed by atoms with van der Waals surface area (Å²) in [5.41, 5.74) is 0. The normalized spacial score (nSPS) is 22.1. The van der Waals surface area contributed by atoms with Crippen molar-refractivity contribution in [2.45, 2.75) is 19.8 Å². The summed E-state index contributed by atoms with van der Waals surface area (Å²) >= 11 is 5.94. The van der Waals surface area contributed by atoms with Gasteiger partial charge in [-0.3, -0.25) is 9.59 Å². The highest BCUT2D eigenvalue weighted by molar-refractivity contribution is 9.18. The summed E-state index contributed by atoms with van der Waals surface area (Å²) in [5.74, 6) is -0.568. The fourth-order valence-electron chi connectivity index (χ4n) is 1.15. The van der Waals surface area contributed by atoms with Crippen molar-refractivity contribution in [3.63, 3.8) is 0 Å². The second kappa shape index (κ2) is 4.37. The molecule has 0 fully saturated rings. The van der Waals surface area contributed by atoms with Crippen molar-refractivity contribution >= 4 is 42.5 Å². The third-order valence-corrected chi connectivity index (χ3v) is 3.04. The number of hydrogen-bond donors (Lipinski definition) is 0. The van der Waals surface area contributed by atoms with Gasteiger partial charge < -0.3 is 4.74 Å². The highest BCUT2D eigenvalue weighted by atomic mass is 79.9. The van der Waals surface area contributed by atoms with Crippen molar-refractivity contribution in [3.05, 3.63) is 10.2 Å². The van der Waals surface area contributed by atoms with E-state index in [1.807, 2.05) is 6.92 Å². The Bertz CT molecular complexity index is 283. The fourth-order valence-corrected chi connectivity index (χ4v) is 2.39. The summed E-state index contributed by atoms with van der Waals surface area (Å²) in [6.07, 6.45) is 1.57. The van der Waals surface area contributed by atoms with Gasteiger partial charge in [0, 0.05) is 15.9 Å². The van der Waals surface area contributed by atoms with E-state index in [0.717, 1.165) is 6.42 Å². The van der Waals surface area contributed by atoms with E-state index in [4.69, 9.17) is 4.74 Å². The first kappa shape index (κ1) is 10.9. The van der Waals surface area contributed by atoms with Gasteiger partial charge in [-0.2, -0.15) is 0 Å². The van der Waals surface area contributed by atoms with E-state index in [1.165, 1.54) is 0 Å². The molecule has 1 heterocycles. The Morgan fingerprint density at radius 2 is 2.23 bits per heavy atom. The Balaban J connectivity index is 2.88. The Hall–Kier alpha value is -0.160. The number of cyclic esters (lactones) is 1. The fraction of sp³-hybridized carbons (Fsp3) is 0.500. The first-order valence-corrected chi connectivity index (χ1v) is 5.47. The van der Waals surface area contributed by atoms with Crippen LogP contribution in [0.1, 0.15) is 19.8 Å². The SMILES string of the molecule is CCCC1C(=O)OC(C(=O)Br)=C1Br. The molecule has 0 aromatic heterocycles. The van der Waals surface area contributed by atoms with Crippen LogP contribution < -0.4 is 0 Å². The number of halogens is 2. The molecule has 3 nitrogen and oxygen atoms in total. The maximum Gasteiger partial charge on any atom is 0.319 e. The van der Waals surface area contributed by atoms with Crippen LogP contribution in [-0.4, -0.2) is 10.7 Å². The maximum absolute atomic E-state index is 11.2. The molecule has 1 unspecified atom stereocenters. The third-order valence-electron chi connectivity index (χ3n) is 1.77. The Labute approximate surface area is 92.8 Å². The van der Waals surface area contributed by atoms with Gasteiger partial charge in [0.15, 0.2) is 5.76 Å². The van der Waals surface area contributed by atoms with E-state index in [0.29, 0.717) is 10.9 Å². The number of carbonyl (C=O) groups excluding carboxylic acids is 2. The van der Waals surface area contributed by atoms with Gasteiger partial charge >= 0.3 is 5.97 Å². The van der Waals surface area contributed by atoms with Gasteiger partial charge in [0.25, 0.3) is 4.69 Å². The highest BCUT2D eigenvalue weighted by Gasteiger charge is 2.35. The minimum absolute atomic E-state index is 0.0865. The van der Waals surface area contributed by atoms with Gasteiger partial charge in [-0.1, -0.05) is 29.3 Å². The van der Waals surface area contributed by atoms with Crippen LogP contribution in [0, 0.1) is 5.92 Å². The third kappa shape index (κ3) is 2.20. The molecule has 0 bridgehead atoms. The molecule has 0 aromatic rings. The topological polar surface area (TPSA) is 43.4 Å². The van der Waals surface area contributed by atoms with Crippen LogP contribution >= 0.6 is 31.9 Å². The first-order valence-electron chi connectivity index (χ1n) is 3.89. The van der Waals surface area contributed by atoms with Crippen LogP contribution in [0.4, 0.5) is 0 Å². The molecule has 1 aliphatic heterocycles. The first-order chi connectivity index (χ1) is 6.07. The molecule has 0 aromatic carbocycles. The molecule has 5 heteroatoms. The van der Waals surface area contributed by atoms with E-state index in [-0.39, 0.29) is 17.6 Å². The number of esters is 1. The summed E-state index contributed by atoms with van der Waals surface area (Å²) < 4.78 is 4.96. The van der Waals surface area contributed by atoms with Crippen LogP contribution in [-0.2, 0) is 14.3 Å². The largest absolute Gasteiger partial charge is 0.420 e. The summed E-state index contributed by atoms with van der Waals surface area (Å²) in [5, 5.41) is 0. The summed E-state index contributed by atoms with van der Waals surface area (Å²) in [7, 11) is 0. The van der Waals surface area contributed by atoms with Gasteiger partial charge in [0.2, 0.25) is 0 Å². The molecule has 0 spiro atoms. The van der Waals surface area contributed by atoms with Gasteiger partial charge in [-0.05, 0) is 6.42 Å². The van der Waals surface area contributed by atoms with Crippen molar-refractivity contribution in [2.75, 3.05) is 0 Å². The van der Waals surface area contributed by atoms with Crippen molar-refractivity contribution < 1.29 is 14.3 Å². The molecule has 0 saturated carbocycles. The average molecular weight is 312 g/mol. The molecule has 0 N–H and O–H groups in total. The lowest BCUT2D eigenvalue weighted by Gasteiger charge is -2.02. The standard InChI is InChI=1S/C8H8Br2O3/c1-2-3-4-5(9)6(7(10)11)13-8(4)12/h4H,2-3H2,1H3. The van der Waals surface area contributed by atoms with Gasteiger partial charge in [-0.25, -0.2) is 0 Å². The van der Waals surface area contributed by atoms with Crippen LogP contribution in [0.15, 0.2) is 10.2 Å². The summed E-state index contributed by atoms with van der Waals surface area (Å²) in [6.45, 7) is 1.97. The molecule has 0 radical (unpaired) electrons. The number of ether oxygens (including phenoxy) is 1. The van der Waals surface area contributed by atoms with Crippen molar-refractivity contribution in [1.29, 1.82) is 0 Å². The van der Waals surface area contributed by atoms with Gasteiger partial charge in [-0.15, -0.1) is 0 Å². The number of carbonyl (C=O) groups is 2. The average Bonchev–Trinajstić information content (AvgIpc) is 2.32. The Kier molecular flexibility index (Phi) is 3.67. The molecule has 72 valence electrons. The van der Waals surface area contributed by atoms with E-state index in [9.17, 15) is 9.59 Å². The van der Waals surface area contributed by atoms with E-state index in [1.54, 1.807) is 0 Å². The molecule has 1 rings (SSSR count). The quantitative estimate of drug-likeness (QED) is 0.594. The van der Waals surface area contributed by atoms with Crippen molar-refractivity contribution in [2.24, 2.45) is 5.92 Å². The Morgan fingerprint density at radius 3 is 2.62 bits per heavy atom. The second-order valence-corrected chi connectivity index (χ2v) is 4.29. The van der Waals surface area contributed by atoms with Crippen LogP contribution in [0.5, 0.6) is 0 Å². The monoisotopic (exact) mass is 310 g/mol. The molecule has 0 amide bonds. The van der Waals surface area contributed by atoms with Crippen LogP contribution in [0.25, 0.3) is 0 Å². The zero-order chi connectivity index (χ0) is 10.0. The van der Waals surface area contributed by atoms with Crippen LogP contribution in [0.2, 0.25) is 0 Å². The van der Waals surface area contributed by atoms with Crippen LogP contribution in [0.3, 0.4) is 0 Å². The van der Waals surface area contributed by atoms with E-state index >= 15 is 0 Å². The number of allylic oxidation sites excluding steroid dienone is 1. The molecular weight excluding hydrogens is 304 g/mol. The van der Waals surface area contributed by atoms with Gasteiger partial charge in [0.05, 0.1) is 10.4 Å². The molecule has 1 atom stereocenters. The van der Waals surface area contributed by atoms with Crippen molar-refractivity contribution in [1.82, 2.24) is 0 Å². The smallest absolute Gasteiger partial charge is 0.319 e. The lowest BCUT2D eigenvalue weighted by Crippen LogP contribution is -2.09. The lowest BCUT2D eigenvalue weighted by molar-refractivity contribution is -0.141. The minimum Gasteiger partial charge on any atom is -0.420 e. The predicted octanol–water partition coefficient (Wildman–Crippen LogP) is 2.49. The predicted molar refractivity (Wildman–Crippen MR) is 54.4 cm³/mol. The highest BCUT2D eigenvalue weighted by Crippen LogP contribution is 2.35. The number of hydrogen-bond acceptors (Lipinski definition) is 3. The van der Waals surface area contributed by atoms with Gasteiger partial charge in [0.1, 0.15) is 0 Å². The molecule has 13 heavy (non-hydrogen) atoms. The molecule has 1 aliphatic rings. The maximum atomic E-state index is 11.2. The second-order valence-electron chi connectivity index (χ2n) is 2.71. The minimum atomic E-state index is -0.397. The zero-order valence-electron chi connectivity index (χ0n) is 6.97.